The molecule has 6 nitrogen and oxygen atoms in total. The van der Waals surface area contributed by atoms with E-state index in [0.717, 1.165) is 23.1 Å². The van der Waals surface area contributed by atoms with Crippen LogP contribution in [0.3, 0.4) is 0 Å². The number of hydrazine groups is 1. The van der Waals surface area contributed by atoms with E-state index in [1.165, 1.54) is 17.7 Å². The molecule has 0 saturated carbocycles. The maximum Gasteiger partial charge on any atom is 0.255 e. The fraction of sp³-hybridized carbons (Fsp3) is 0.300. The number of fused-ring (bicyclic) bond motifs is 1. The third kappa shape index (κ3) is 5.44. The van der Waals surface area contributed by atoms with Gasteiger partial charge in [-0.1, -0.05) is 42.5 Å². The summed E-state index contributed by atoms with van der Waals surface area (Å²) in [7, 11) is 3.66. The lowest BCUT2D eigenvalue weighted by Crippen LogP contribution is -2.46. The minimum Gasteiger partial charge on any atom is -0.497 e. The van der Waals surface area contributed by atoms with Crippen LogP contribution in [0, 0.1) is 5.82 Å². The van der Waals surface area contributed by atoms with E-state index in [4.69, 9.17) is 4.74 Å². The Labute approximate surface area is 216 Å². The molecule has 1 aromatic heterocycles. The summed E-state index contributed by atoms with van der Waals surface area (Å²) in [5.41, 5.74) is 10.2. The largest absolute Gasteiger partial charge is 0.497 e. The number of methoxy groups -OCH3 is 1. The zero-order chi connectivity index (χ0) is 25.9. The second kappa shape index (κ2) is 10.8. The summed E-state index contributed by atoms with van der Waals surface area (Å²) in [5, 5.41) is 0.838. The van der Waals surface area contributed by atoms with E-state index in [9.17, 15) is 9.18 Å². The summed E-state index contributed by atoms with van der Waals surface area (Å²) in [6.45, 7) is 2.99. The molecular formula is C30H33FN4O2. The lowest BCUT2D eigenvalue weighted by atomic mass is 9.98. The Balaban J connectivity index is 1.40. The molecule has 0 aliphatic carbocycles. The Morgan fingerprint density at radius 3 is 2.65 bits per heavy atom. The van der Waals surface area contributed by atoms with Crippen LogP contribution < -0.4 is 21.1 Å². The molecule has 1 aliphatic heterocycles. The molecule has 1 fully saturated rings. The van der Waals surface area contributed by atoms with E-state index in [-0.39, 0.29) is 29.5 Å². The monoisotopic (exact) mass is 500 g/mol. The highest BCUT2D eigenvalue weighted by Crippen LogP contribution is 2.25. The molecule has 5 rings (SSSR count). The summed E-state index contributed by atoms with van der Waals surface area (Å²) in [6, 6.07) is 25.2. The van der Waals surface area contributed by atoms with Crippen LogP contribution in [0.15, 0.2) is 83.7 Å². The van der Waals surface area contributed by atoms with Crippen molar-refractivity contribution in [2.75, 3.05) is 14.2 Å². The Hall–Kier alpha value is -3.52. The number of ether oxygens (including phenoxy) is 1. The molecule has 0 amide bonds. The van der Waals surface area contributed by atoms with Crippen LogP contribution in [0.2, 0.25) is 0 Å². The Morgan fingerprint density at radius 2 is 1.86 bits per heavy atom. The summed E-state index contributed by atoms with van der Waals surface area (Å²) >= 11 is 0. The smallest absolute Gasteiger partial charge is 0.255 e. The minimum absolute atomic E-state index is 0.111. The first-order chi connectivity index (χ1) is 17.9. The molecular weight excluding hydrogens is 467 g/mol. The standard InChI is InChI=1S/C30H33FN4O2/c1-20(27-17-28(33-32-27)22-9-5-4-6-10-22)34(2)19-24-15-23-12-13-25(31)16-29(23)35(30(24)36)18-21-8-7-11-26(14-21)37-3/h4-16,20,27-28,32-33H,17-19H2,1-3H3. The molecule has 37 heavy (non-hydrogen) atoms. The first kappa shape index (κ1) is 25.1. The molecule has 2 heterocycles. The number of aromatic nitrogens is 1. The second-order valence-corrected chi connectivity index (χ2v) is 9.87. The predicted molar refractivity (Wildman–Crippen MR) is 145 cm³/mol. The van der Waals surface area contributed by atoms with Gasteiger partial charge in [-0.2, -0.15) is 0 Å². The van der Waals surface area contributed by atoms with Crippen LogP contribution in [0.1, 0.15) is 36.1 Å². The number of rotatable bonds is 8. The van der Waals surface area contributed by atoms with Gasteiger partial charge in [-0.3, -0.25) is 15.1 Å². The average molecular weight is 501 g/mol. The quantitative estimate of drug-likeness (QED) is 0.370. The molecule has 7 heteroatoms. The number of nitrogens with one attached hydrogen (secondary N) is 2. The highest BCUT2D eigenvalue weighted by atomic mass is 19.1. The van der Waals surface area contributed by atoms with Gasteiger partial charge in [0.2, 0.25) is 0 Å². The van der Waals surface area contributed by atoms with Crippen molar-refractivity contribution in [1.82, 2.24) is 20.3 Å². The van der Waals surface area contributed by atoms with Gasteiger partial charge in [0, 0.05) is 30.2 Å². The maximum absolute atomic E-state index is 14.2. The van der Waals surface area contributed by atoms with Crippen molar-refractivity contribution in [2.45, 2.75) is 44.6 Å². The molecule has 3 atom stereocenters. The minimum atomic E-state index is -0.363. The predicted octanol–water partition coefficient (Wildman–Crippen LogP) is 4.63. The summed E-state index contributed by atoms with van der Waals surface area (Å²) in [6.07, 6.45) is 0.951. The third-order valence-electron chi connectivity index (χ3n) is 7.44. The highest BCUT2D eigenvalue weighted by molar-refractivity contribution is 5.79. The van der Waals surface area contributed by atoms with Crippen molar-refractivity contribution in [3.63, 3.8) is 0 Å². The SMILES string of the molecule is COc1cccc(Cn2c(=O)c(CN(C)C(C)C3CC(c4ccccc4)NN3)cc3ccc(F)cc32)c1. The second-order valence-electron chi connectivity index (χ2n) is 9.87. The first-order valence-electron chi connectivity index (χ1n) is 12.6. The van der Waals surface area contributed by atoms with Gasteiger partial charge in [-0.05, 0) is 73.3 Å². The van der Waals surface area contributed by atoms with Gasteiger partial charge in [0.1, 0.15) is 11.6 Å². The van der Waals surface area contributed by atoms with Gasteiger partial charge in [-0.15, -0.1) is 0 Å². The Morgan fingerprint density at radius 1 is 1.05 bits per heavy atom. The van der Waals surface area contributed by atoms with E-state index in [0.29, 0.717) is 24.2 Å². The van der Waals surface area contributed by atoms with E-state index < -0.39 is 0 Å². The van der Waals surface area contributed by atoms with E-state index in [1.807, 2.05) is 43.4 Å². The van der Waals surface area contributed by atoms with Crippen LogP contribution in [-0.2, 0) is 13.1 Å². The molecule has 3 unspecified atom stereocenters. The van der Waals surface area contributed by atoms with Crippen LogP contribution in [0.25, 0.3) is 10.9 Å². The number of benzene rings is 3. The van der Waals surface area contributed by atoms with E-state index in [2.05, 4.69) is 46.9 Å². The van der Waals surface area contributed by atoms with Crippen LogP contribution in [0.4, 0.5) is 4.39 Å². The van der Waals surface area contributed by atoms with Crippen molar-refractivity contribution < 1.29 is 9.13 Å². The normalized spacial score (nSPS) is 18.4. The van der Waals surface area contributed by atoms with Crippen molar-refractivity contribution in [1.29, 1.82) is 0 Å². The van der Waals surface area contributed by atoms with E-state index >= 15 is 0 Å². The number of hydrogen-bond acceptors (Lipinski definition) is 5. The number of pyridine rings is 1. The van der Waals surface area contributed by atoms with Crippen molar-refractivity contribution in [3.05, 3.63) is 112 Å². The van der Waals surface area contributed by atoms with Gasteiger partial charge < -0.3 is 9.30 Å². The fourth-order valence-corrected chi connectivity index (χ4v) is 5.15. The average Bonchev–Trinajstić information content (AvgIpc) is 3.42. The molecule has 0 bridgehead atoms. The molecule has 4 aromatic rings. The maximum atomic E-state index is 14.2. The van der Waals surface area contributed by atoms with Crippen molar-refractivity contribution in [2.24, 2.45) is 0 Å². The number of hydrogen-bond donors (Lipinski definition) is 2. The van der Waals surface area contributed by atoms with Crippen LogP contribution >= 0.6 is 0 Å². The van der Waals surface area contributed by atoms with Crippen molar-refractivity contribution >= 4 is 10.9 Å². The number of halogens is 1. The third-order valence-corrected chi connectivity index (χ3v) is 7.44. The highest BCUT2D eigenvalue weighted by Gasteiger charge is 2.31. The van der Waals surface area contributed by atoms with Gasteiger partial charge in [0.05, 0.1) is 19.2 Å². The van der Waals surface area contributed by atoms with Crippen LogP contribution in [-0.4, -0.2) is 35.7 Å². The molecule has 1 aliphatic rings. The lowest BCUT2D eigenvalue weighted by molar-refractivity contribution is 0.204. The van der Waals surface area contributed by atoms with Gasteiger partial charge in [0.15, 0.2) is 0 Å². The number of nitrogens with zero attached hydrogens (tertiary/aromatic N) is 2. The zero-order valence-corrected chi connectivity index (χ0v) is 21.4. The molecule has 0 spiro atoms. The molecule has 2 N–H and O–H groups in total. The zero-order valence-electron chi connectivity index (χ0n) is 21.4. The van der Waals surface area contributed by atoms with Gasteiger partial charge >= 0.3 is 0 Å². The van der Waals surface area contributed by atoms with Gasteiger partial charge in [0.25, 0.3) is 5.56 Å². The molecule has 3 aromatic carbocycles. The van der Waals surface area contributed by atoms with Crippen molar-refractivity contribution in [3.8, 4) is 5.75 Å². The topological polar surface area (TPSA) is 58.5 Å². The van der Waals surface area contributed by atoms with Gasteiger partial charge in [-0.25, -0.2) is 9.82 Å². The summed E-state index contributed by atoms with van der Waals surface area (Å²) in [4.78, 5) is 15.9. The van der Waals surface area contributed by atoms with Crippen LogP contribution in [0.5, 0.6) is 5.75 Å². The lowest BCUT2D eigenvalue weighted by Gasteiger charge is -2.29. The Kier molecular flexibility index (Phi) is 7.37. The molecule has 192 valence electrons. The summed E-state index contributed by atoms with van der Waals surface area (Å²) in [5.74, 6) is 0.356. The molecule has 0 radical (unpaired) electrons. The van der Waals surface area contributed by atoms with E-state index in [1.54, 1.807) is 17.7 Å². The number of likely N-dealkylation sites (N-methyl/N-ethyl adjacent to an activating group) is 1. The fourth-order valence-electron chi connectivity index (χ4n) is 5.15. The first-order valence-corrected chi connectivity index (χ1v) is 12.6. The summed E-state index contributed by atoms with van der Waals surface area (Å²) < 4.78 is 21.2. The molecule has 1 saturated heterocycles. The Bertz CT molecular complexity index is 1440.